The number of fused-ring (bicyclic) bond motifs is 1. The fourth-order valence-electron chi connectivity index (χ4n) is 2.80. The number of thiophene rings is 1. The smallest absolute Gasteiger partial charge is 0.416 e. The van der Waals surface area contributed by atoms with Crippen LogP contribution < -0.4 is 10.5 Å². The number of carbonyl (C=O) groups is 1. The Morgan fingerprint density at radius 1 is 1.22 bits per heavy atom. The van der Waals surface area contributed by atoms with Crippen molar-refractivity contribution in [3.63, 3.8) is 0 Å². The van der Waals surface area contributed by atoms with Crippen molar-refractivity contribution in [2.45, 2.75) is 13.1 Å². The average Bonchev–Trinajstić information content (AvgIpc) is 3.00. The molecule has 0 atom stereocenters. The number of carbonyl (C=O) groups excluding carboxylic acids is 1. The Morgan fingerprint density at radius 2 is 1.81 bits per heavy atom. The Labute approximate surface area is 155 Å². The van der Waals surface area contributed by atoms with Crippen molar-refractivity contribution < 1.29 is 23.1 Å². The number of alkyl halides is 3. The van der Waals surface area contributed by atoms with Gasteiger partial charge in [-0.05, 0) is 42.1 Å². The molecule has 0 radical (unpaired) electrons. The maximum atomic E-state index is 12.8. The van der Waals surface area contributed by atoms with Crippen LogP contribution in [0.3, 0.4) is 0 Å². The zero-order valence-corrected chi connectivity index (χ0v) is 15.4. The van der Waals surface area contributed by atoms with Gasteiger partial charge in [0, 0.05) is 19.8 Å². The van der Waals surface area contributed by atoms with E-state index in [4.69, 9.17) is 0 Å². The number of aromatic hydroxyl groups is 1. The fourth-order valence-corrected chi connectivity index (χ4v) is 3.83. The molecule has 2 heterocycles. The summed E-state index contributed by atoms with van der Waals surface area (Å²) in [4.78, 5) is 27.0. The molecule has 1 aromatic carbocycles. The first-order chi connectivity index (χ1) is 12.5. The summed E-state index contributed by atoms with van der Waals surface area (Å²) in [5.41, 5.74) is -1.06. The molecular formula is C18H15F3N2O3S. The number of aromatic nitrogens is 1. The first-order valence-corrected chi connectivity index (χ1v) is 8.67. The zero-order chi connectivity index (χ0) is 20.1. The zero-order valence-electron chi connectivity index (χ0n) is 14.6. The Bertz CT molecular complexity index is 1100. The summed E-state index contributed by atoms with van der Waals surface area (Å²) in [6.45, 7) is 1.75. The summed E-state index contributed by atoms with van der Waals surface area (Å²) >= 11 is 1.27. The van der Waals surface area contributed by atoms with Crippen LogP contribution in [0.25, 0.3) is 10.2 Å². The summed E-state index contributed by atoms with van der Waals surface area (Å²) in [6, 6.07) is 3.97. The third-order valence-corrected chi connectivity index (χ3v) is 5.53. The molecule has 0 spiro atoms. The first kappa shape index (κ1) is 19.0. The van der Waals surface area contributed by atoms with Gasteiger partial charge in [0.1, 0.15) is 16.1 Å². The second-order valence-electron chi connectivity index (χ2n) is 6.10. The van der Waals surface area contributed by atoms with Gasteiger partial charge in [0.15, 0.2) is 0 Å². The van der Waals surface area contributed by atoms with Gasteiger partial charge < -0.3 is 14.6 Å². The fraction of sp³-hybridized carbons (Fsp3) is 0.222. The number of benzene rings is 1. The van der Waals surface area contributed by atoms with E-state index in [-0.39, 0.29) is 5.69 Å². The molecule has 1 amide bonds. The third kappa shape index (κ3) is 3.08. The SMILES string of the molecule is Cc1csc2c1c(O)c(C(=O)N(C)c1ccc(C(F)(F)F)cc1)c(=O)n2C. The number of nitrogens with zero attached hydrogens (tertiary/aromatic N) is 2. The Morgan fingerprint density at radius 3 is 2.37 bits per heavy atom. The van der Waals surface area contributed by atoms with E-state index in [0.29, 0.717) is 15.8 Å². The second-order valence-corrected chi connectivity index (χ2v) is 6.95. The van der Waals surface area contributed by atoms with Crippen LogP contribution in [0, 0.1) is 6.92 Å². The van der Waals surface area contributed by atoms with Crippen molar-refractivity contribution in [3.8, 4) is 5.75 Å². The summed E-state index contributed by atoms with van der Waals surface area (Å²) in [5.74, 6) is -1.23. The minimum Gasteiger partial charge on any atom is -0.506 e. The molecule has 5 nitrogen and oxygen atoms in total. The molecule has 0 aliphatic carbocycles. The third-order valence-electron chi connectivity index (χ3n) is 4.35. The summed E-state index contributed by atoms with van der Waals surface area (Å²) in [6.07, 6.45) is -4.49. The van der Waals surface area contributed by atoms with Gasteiger partial charge >= 0.3 is 6.18 Å². The highest BCUT2D eigenvalue weighted by atomic mass is 32.1. The van der Waals surface area contributed by atoms with Gasteiger partial charge in [-0.15, -0.1) is 11.3 Å². The monoisotopic (exact) mass is 396 g/mol. The highest BCUT2D eigenvalue weighted by Gasteiger charge is 2.31. The summed E-state index contributed by atoms with van der Waals surface area (Å²) < 4.78 is 39.4. The molecule has 0 aliphatic heterocycles. The predicted molar refractivity (Wildman–Crippen MR) is 97.6 cm³/mol. The maximum absolute atomic E-state index is 12.8. The van der Waals surface area contributed by atoms with Crippen LogP contribution in [0.4, 0.5) is 18.9 Å². The highest BCUT2D eigenvalue weighted by molar-refractivity contribution is 7.17. The standard InChI is InChI=1S/C18H15F3N2O3S/c1-9-8-27-17-12(9)14(24)13(16(26)23(17)3)15(25)22(2)11-6-4-10(5-7-11)18(19,20)21/h4-8,24H,1-3H3. The summed E-state index contributed by atoms with van der Waals surface area (Å²) in [7, 11) is 2.82. The molecule has 3 rings (SSSR count). The van der Waals surface area contributed by atoms with Crippen molar-refractivity contribution in [3.05, 3.63) is 56.7 Å². The van der Waals surface area contributed by atoms with E-state index in [1.165, 1.54) is 30.0 Å². The van der Waals surface area contributed by atoms with Gasteiger partial charge in [-0.3, -0.25) is 9.59 Å². The van der Waals surface area contributed by atoms with E-state index in [0.717, 1.165) is 29.2 Å². The molecular weight excluding hydrogens is 381 g/mol. The van der Waals surface area contributed by atoms with Crippen LogP contribution in [-0.2, 0) is 13.2 Å². The topological polar surface area (TPSA) is 62.5 Å². The lowest BCUT2D eigenvalue weighted by molar-refractivity contribution is -0.137. The van der Waals surface area contributed by atoms with Crippen LogP contribution >= 0.6 is 11.3 Å². The number of rotatable bonds is 2. The van der Waals surface area contributed by atoms with Crippen LogP contribution in [0.2, 0.25) is 0 Å². The van der Waals surface area contributed by atoms with Crippen molar-refractivity contribution >= 4 is 33.1 Å². The predicted octanol–water partition coefficient (Wildman–Crippen LogP) is 3.91. The van der Waals surface area contributed by atoms with E-state index in [9.17, 15) is 27.9 Å². The quantitative estimate of drug-likeness (QED) is 0.715. The van der Waals surface area contributed by atoms with Gasteiger partial charge in [0.05, 0.1) is 10.9 Å². The lowest BCUT2D eigenvalue weighted by Crippen LogP contribution is -2.34. The first-order valence-electron chi connectivity index (χ1n) is 7.79. The number of aryl methyl sites for hydroxylation is 2. The Hall–Kier alpha value is -2.81. The molecule has 142 valence electrons. The number of halogens is 3. The lowest BCUT2D eigenvalue weighted by atomic mass is 10.1. The maximum Gasteiger partial charge on any atom is 0.416 e. The van der Waals surface area contributed by atoms with E-state index < -0.39 is 34.5 Å². The minimum absolute atomic E-state index is 0.164. The summed E-state index contributed by atoms with van der Waals surface area (Å²) in [5, 5.41) is 12.7. The number of hydrogen-bond acceptors (Lipinski definition) is 4. The van der Waals surface area contributed by atoms with Crippen LogP contribution in [0.5, 0.6) is 5.75 Å². The molecule has 27 heavy (non-hydrogen) atoms. The van der Waals surface area contributed by atoms with E-state index >= 15 is 0 Å². The molecule has 0 fully saturated rings. The molecule has 3 aromatic rings. The lowest BCUT2D eigenvalue weighted by Gasteiger charge is -2.19. The normalized spacial score (nSPS) is 11.8. The van der Waals surface area contributed by atoms with Crippen molar-refractivity contribution in [1.82, 2.24) is 4.57 Å². The van der Waals surface area contributed by atoms with Gasteiger partial charge in [-0.25, -0.2) is 0 Å². The van der Waals surface area contributed by atoms with Crippen LogP contribution in [-0.4, -0.2) is 22.6 Å². The minimum atomic E-state index is -4.49. The molecule has 0 aliphatic rings. The van der Waals surface area contributed by atoms with Crippen molar-refractivity contribution in [1.29, 1.82) is 0 Å². The molecule has 0 saturated heterocycles. The van der Waals surface area contributed by atoms with Crippen LogP contribution in [0.15, 0.2) is 34.4 Å². The number of hydrogen-bond donors (Lipinski definition) is 1. The van der Waals surface area contributed by atoms with E-state index in [2.05, 4.69) is 0 Å². The Kier molecular flexibility index (Phi) is 4.51. The van der Waals surface area contributed by atoms with Gasteiger partial charge in [-0.1, -0.05) is 0 Å². The highest BCUT2D eigenvalue weighted by Crippen LogP contribution is 2.34. The number of amides is 1. The molecule has 0 bridgehead atoms. The second kappa shape index (κ2) is 6.41. The molecule has 9 heteroatoms. The molecule has 0 saturated carbocycles. The molecule has 2 aromatic heterocycles. The number of anilines is 1. The Balaban J connectivity index is 2.08. The van der Waals surface area contributed by atoms with Gasteiger partial charge in [-0.2, -0.15) is 13.2 Å². The van der Waals surface area contributed by atoms with Crippen molar-refractivity contribution in [2.24, 2.45) is 7.05 Å². The number of pyridine rings is 1. The molecule has 0 unspecified atom stereocenters. The van der Waals surface area contributed by atoms with Gasteiger partial charge in [0.2, 0.25) is 0 Å². The van der Waals surface area contributed by atoms with Crippen molar-refractivity contribution in [2.75, 3.05) is 11.9 Å². The molecule has 1 N–H and O–H groups in total. The average molecular weight is 396 g/mol. The van der Waals surface area contributed by atoms with E-state index in [1.54, 1.807) is 12.3 Å². The van der Waals surface area contributed by atoms with Crippen LogP contribution in [0.1, 0.15) is 21.5 Å². The van der Waals surface area contributed by atoms with E-state index in [1.807, 2.05) is 0 Å². The largest absolute Gasteiger partial charge is 0.506 e. The van der Waals surface area contributed by atoms with Gasteiger partial charge in [0.25, 0.3) is 11.5 Å².